The summed E-state index contributed by atoms with van der Waals surface area (Å²) < 4.78 is 12.1. The zero-order valence-corrected chi connectivity index (χ0v) is 13.6. The zero-order valence-electron chi connectivity index (χ0n) is 12.0. The molecule has 4 nitrogen and oxygen atoms in total. The lowest BCUT2D eigenvalue weighted by molar-refractivity contribution is -0.153. The molecule has 21 heavy (non-hydrogen) atoms. The molecule has 0 spiro atoms. The highest BCUT2D eigenvalue weighted by Crippen LogP contribution is 2.50. The Morgan fingerprint density at radius 1 is 1.52 bits per heavy atom. The molecular weight excluding hydrogens is 336 g/mol. The van der Waals surface area contributed by atoms with Gasteiger partial charge in [0.05, 0.1) is 13.2 Å². The summed E-state index contributed by atoms with van der Waals surface area (Å²) >= 11 is 3.45. The quantitative estimate of drug-likeness (QED) is 0.881. The summed E-state index contributed by atoms with van der Waals surface area (Å²) in [5.74, 6) is 0.390. The van der Waals surface area contributed by atoms with E-state index in [0.717, 1.165) is 28.6 Å². The molecule has 1 aliphatic heterocycles. The van der Waals surface area contributed by atoms with E-state index in [9.17, 15) is 9.90 Å². The first-order valence-electron chi connectivity index (χ1n) is 7.24. The monoisotopic (exact) mass is 354 g/mol. The van der Waals surface area contributed by atoms with Gasteiger partial charge in [-0.15, -0.1) is 0 Å². The second-order valence-corrected chi connectivity index (χ2v) is 6.89. The second-order valence-electron chi connectivity index (χ2n) is 5.97. The normalized spacial score (nSPS) is 28.6. The van der Waals surface area contributed by atoms with Crippen molar-refractivity contribution in [3.05, 3.63) is 28.2 Å². The Labute approximate surface area is 132 Å². The fourth-order valence-corrected chi connectivity index (χ4v) is 3.78. The predicted octanol–water partition coefficient (Wildman–Crippen LogP) is 3.27. The first-order valence-corrected chi connectivity index (χ1v) is 8.03. The summed E-state index contributed by atoms with van der Waals surface area (Å²) in [6, 6.07) is 5.72. The van der Waals surface area contributed by atoms with Gasteiger partial charge >= 0.3 is 5.97 Å². The van der Waals surface area contributed by atoms with Gasteiger partial charge in [0.1, 0.15) is 11.2 Å². The number of carbonyl (C=O) groups is 1. The molecule has 0 amide bonds. The minimum absolute atomic E-state index is 0.168. The van der Waals surface area contributed by atoms with Gasteiger partial charge in [-0.05, 0) is 55.4 Å². The number of carboxylic acid groups (broad SMARTS) is 1. The van der Waals surface area contributed by atoms with Crippen LogP contribution in [0.2, 0.25) is 0 Å². The number of methoxy groups -OCH3 is 1. The molecule has 0 bridgehead atoms. The van der Waals surface area contributed by atoms with E-state index < -0.39 is 11.4 Å². The highest BCUT2D eigenvalue weighted by atomic mass is 79.9. The first-order chi connectivity index (χ1) is 10.1. The minimum Gasteiger partial charge on any atom is -0.496 e. The van der Waals surface area contributed by atoms with Gasteiger partial charge in [0.2, 0.25) is 0 Å². The van der Waals surface area contributed by atoms with Gasteiger partial charge in [-0.3, -0.25) is 4.79 Å². The van der Waals surface area contributed by atoms with E-state index in [2.05, 4.69) is 15.9 Å². The van der Waals surface area contributed by atoms with E-state index in [-0.39, 0.29) is 6.10 Å². The summed E-state index contributed by atoms with van der Waals surface area (Å²) in [6.07, 6.45) is 3.01. The summed E-state index contributed by atoms with van der Waals surface area (Å²) in [5.41, 5.74) is 0.0975. The number of rotatable bonds is 5. The summed E-state index contributed by atoms with van der Waals surface area (Å²) in [6.45, 7) is 0.532. The van der Waals surface area contributed by atoms with Crippen molar-refractivity contribution >= 4 is 21.9 Å². The van der Waals surface area contributed by atoms with Crippen molar-refractivity contribution in [1.82, 2.24) is 0 Å². The Hall–Kier alpha value is -1.07. The molecule has 2 atom stereocenters. The SMILES string of the molecule is COc1ccc(Br)cc1CC1(C(=O)O)CCOC1C1CC1. The maximum absolute atomic E-state index is 12.0. The topological polar surface area (TPSA) is 55.8 Å². The smallest absolute Gasteiger partial charge is 0.312 e. The van der Waals surface area contributed by atoms with Crippen LogP contribution in [0, 0.1) is 11.3 Å². The molecule has 1 aromatic carbocycles. The standard InChI is InChI=1S/C16H19BrO4/c1-20-13-5-4-12(17)8-11(13)9-16(15(18)19)6-7-21-14(16)10-2-3-10/h4-5,8,10,14H,2-3,6-7,9H2,1H3,(H,18,19). The van der Waals surface area contributed by atoms with Crippen LogP contribution in [0.5, 0.6) is 5.75 Å². The molecule has 1 N–H and O–H groups in total. The van der Waals surface area contributed by atoms with Crippen LogP contribution in [0.15, 0.2) is 22.7 Å². The predicted molar refractivity (Wildman–Crippen MR) is 81.5 cm³/mol. The third-order valence-electron chi connectivity index (χ3n) is 4.61. The molecule has 0 aromatic heterocycles. The van der Waals surface area contributed by atoms with Crippen LogP contribution in [-0.4, -0.2) is 30.9 Å². The van der Waals surface area contributed by atoms with Gasteiger partial charge in [0.15, 0.2) is 0 Å². The van der Waals surface area contributed by atoms with E-state index in [1.165, 1.54) is 0 Å². The van der Waals surface area contributed by atoms with E-state index in [0.29, 0.717) is 25.4 Å². The largest absolute Gasteiger partial charge is 0.496 e. The number of hydrogen-bond acceptors (Lipinski definition) is 3. The molecule has 2 fully saturated rings. The van der Waals surface area contributed by atoms with Crippen LogP contribution in [0.25, 0.3) is 0 Å². The lowest BCUT2D eigenvalue weighted by Crippen LogP contribution is -2.42. The lowest BCUT2D eigenvalue weighted by atomic mass is 9.74. The zero-order chi connectivity index (χ0) is 15.0. The van der Waals surface area contributed by atoms with E-state index in [1.54, 1.807) is 7.11 Å². The molecule has 1 heterocycles. The van der Waals surface area contributed by atoms with Gasteiger partial charge in [0, 0.05) is 11.1 Å². The van der Waals surface area contributed by atoms with Crippen molar-refractivity contribution in [2.75, 3.05) is 13.7 Å². The third-order valence-corrected chi connectivity index (χ3v) is 5.11. The van der Waals surface area contributed by atoms with Crippen LogP contribution in [0.4, 0.5) is 0 Å². The number of hydrogen-bond donors (Lipinski definition) is 1. The van der Waals surface area contributed by atoms with E-state index >= 15 is 0 Å². The second kappa shape index (κ2) is 5.61. The molecule has 2 aliphatic rings. The maximum Gasteiger partial charge on any atom is 0.312 e. The van der Waals surface area contributed by atoms with Gasteiger partial charge < -0.3 is 14.6 Å². The molecule has 3 rings (SSSR count). The fraction of sp³-hybridized carbons (Fsp3) is 0.562. The van der Waals surface area contributed by atoms with Crippen molar-refractivity contribution in [2.24, 2.45) is 11.3 Å². The number of carboxylic acids is 1. The Kier molecular flexibility index (Phi) is 3.97. The van der Waals surface area contributed by atoms with Crippen molar-refractivity contribution in [2.45, 2.75) is 31.8 Å². The summed E-state index contributed by atoms with van der Waals surface area (Å²) in [7, 11) is 1.61. The van der Waals surface area contributed by atoms with Crippen LogP contribution in [-0.2, 0) is 16.0 Å². The third kappa shape index (κ3) is 2.69. The molecule has 1 saturated heterocycles. The highest BCUT2D eigenvalue weighted by Gasteiger charge is 2.56. The molecule has 114 valence electrons. The van der Waals surface area contributed by atoms with Crippen LogP contribution in [0.3, 0.4) is 0 Å². The Balaban J connectivity index is 1.96. The van der Waals surface area contributed by atoms with Gasteiger partial charge in [-0.2, -0.15) is 0 Å². The van der Waals surface area contributed by atoms with Crippen molar-refractivity contribution in [3.8, 4) is 5.75 Å². The number of halogens is 1. The van der Waals surface area contributed by atoms with Crippen molar-refractivity contribution < 1.29 is 19.4 Å². The first kappa shape index (κ1) is 14.9. The van der Waals surface area contributed by atoms with Gasteiger partial charge in [-0.25, -0.2) is 0 Å². The molecule has 1 saturated carbocycles. The molecule has 1 aromatic rings. The average Bonchev–Trinajstić information content (AvgIpc) is 3.20. The molecule has 1 aliphatic carbocycles. The molecule has 0 radical (unpaired) electrons. The van der Waals surface area contributed by atoms with Gasteiger partial charge in [-0.1, -0.05) is 15.9 Å². The van der Waals surface area contributed by atoms with E-state index in [1.807, 2.05) is 18.2 Å². The Morgan fingerprint density at radius 2 is 2.29 bits per heavy atom. The summed E-state index contributed by atoms with van der Waals surface area (Å²) in [4.78, 5) is 12.0. The van der Waals surface area contributed by atoms with Crippen molar-refractivity contribution in [3.63, 3.8) is 0 Å². The minimum atomic E-state index is -0.824. The molecule has 5 heteroatoms. The fourth-order valence-electron chi connectivity index (χ4n) is 3.37. The lowest BCUT2D eigenvalue weighted by Gasteiger charge is -2.30. The summed E-state index contributed by atoms with van der Waals surface area (Å²) in [5, 5.41) is 9.87. The van der Waals surface area contributed by atoms with Gasteiger partial charge in [0.25, 0.3) is 0 Å². The van der Waals surface area contributed by atoms with Crippen molar-refractivity contribution in [1.29, 1.82) is 0 Å². The van der Waals surface area contributed by atoms with E-state index in [4.69, 9.17) is 9.47 Å². The number of benzene rings is 1. The van der Waals surface area contributed by atoms with Crippen LogP contribution < -0.4 is 4.74 Å². The molecular formula is C16H19BrO4. The maximum atomic E-state index is 12.0. The molecule has 2 unspecified atom stereocenters. The number of ether oxygens (including phenoxy) is 2. The van der Waals surface area contributed by atoms with Crippen LogP contribution in [0.1, 0.15) is 24.8 Å². The number of aliphatic carboxylic acids is 1. The van der Waals surface area contributed by atoms with Crippen LogP contribution >= 0.6 is 15.9 Å². The highest BCUT2D eigenvalue weighted by molar-refractivity contribution is 9.10. The Bertz CT molecular complexity index is 555. The Morgan fingerprint density at radius 3 is 2.90 bits per heavy atom. The average molecular weight is 355 g/mol.